The minimum absolute atomic E-state index is 0.124. The fourth-order valence-electron chi connectivity index (χ4n) is 4.04. The molecule has 10 heteroatoms. The molecule has 1 aromatic carbocycles. The van der Waals surface area contributed by atoms with Crippen molar-refractivity contribution in [1.29, 1.82) is 0 Å². The third-order valence-electron chi connectivity index (χ3n) is 7.49. The lowest BCUT2D eigenvalue weighted by Gasteiger charge is -2.36. The van der Waals surface area contributed by atoms with E-state index in [0.717, 1.165) is 11.3 Å². The van der Waals surface area contributed by atoms with Crippen LogP contribution in [0.5, 0.6) is 0 Å². The van der Waals surface area contributed by atoms with Crippen LogP contribution in [0.1, 0.15) is 38.3 Å². The number of nitrogens with two attached hydrogens (primary N) is 1. The van der Waals surface area contributed by atoms with Gasteiger partial charge in [0.05, 0.1) is 23.6 Å². The van der Waals surface area contributed by atoms with Crippen LogP contribution in [0.25, 0.3) is 39.6 Å². The van der Waals surface area contributed by atoms with E-state index in [0.29, 0.717) is 46.4 Å². The summed E-state index contributed by atoms with van der Waals surface area (Å²) in [5, 5.41) is 0.124. The molecule has 0 unspecified atom stereocenters. The van der Waals surface area contributed by atoms with Crippen LogP contribution in [0.3, 0.4) is 0 Å². The lowest BCUT2D eigenvalue weighted by Crippen LogP contribution is -2.40. The quantitative estimate of drug-likeness (QED) is 0.207. The highest BCUT2D eigenvalue weighted by molar-refractivity contribution is 6.74. The molecule has 5 rings (SSSR count). The number of nitrogens with zero attached hydrogens (tertiary/aromatic N) is 5. The van der Waals surface area contributed by atoms with E-state index >= 15 is 0 Å². The third kappa shape index (κ3) is 5.37. The molecule has 0 saturated carbocycles. The first-order chi connectivity index (χ1) is 18.9. The lowest BCUT2D eigenvalue weighted by molar-refractivity contribution is 0.151. The summed E-state index contributed by atoms with van der Waals surface area (Å²) >= 11 is 0. The highest BCUT2D eigenvalue weighted by Gasteiger charge is 2.37. The number of hydrogen-bond donors (Lipinski definition) is 1. The van der Waals surface area contributed by atoms with Crippen molar-refractivity contribution in [3.63, 3.8) is 0 Å². The second kappa shape index (κ2) is 10.5. The third-order valence-corrected chi connectivity index (χ3v) is 12.0. The molecule has 40 heavy (non-hydrogen) atoms. The van der Waals surface area contributed by atoms with Crippen LogP contribution in [0, 0.1) is 0 Å². The average molecular weight is 559 g/mol. The maximum absolute atomic E-state index is 13.0. The van der Waals surface area contributed by atoms with Crippen molar-refractivity contribution in [3.05, 3.63) is 84.2 Å². The van der Waals surface area contributed by atoms with Crippen molar-refractivity contribution in [2.24, 2.45) is 0 Å². The maximum Gasteiger partial charge on any atom is 0.265 e. The van der Waals surface area contributed by atoms with Gasteiger partial charge in [-0.2, -0.15) is 0 Å². The van der Waals surface area contributed by atoms with E-state index in [1.807, 2.05) is 47.0 Å². The lowest BCUT2D eigenvalue weighted by atomic mass is 10.2. The van der Waals surface area contributed by atoms with Gasteiger partial charge in [0, 0.05) is 23.6 Å². The Kier molecular flexibility index (Phi) is 7.24. The van der Waals surface area contributed by atoms with Crippen molar-refractivity contribution in [2.45, 2.75) is 51.9 Å². The first-order valence-electron chi connectivity index (χ1n) is 13.0. The second-order valence-electron chi connectivity index (χ2n) is 11.2. The van der Waals surface area contributed by atoms with Gasteiger partial charge in [-0.15, -0.1) is 0 Å². The maximum atomic E-state index is 13.0. The minimum atomic E-state index is -2.58. The van der Waals surface area contributed by atoms with Gasteiger partial charge in [-0.25, -0.2) is 23.7 Å². The van der Waals surface area contributed by atoms with Gasteiger partial charge in [0.25, 0.3) is 6.43 Å². The normalized spacial score (nSPS) is 12.4. The number of imidazole rings is 1. The predicted molar refractivity (Wildman–Crippen MR) is 157 cm³/mol. The smallest absolute Gasteiger partial charge is 0.265 e. The second-order valence-corrected chi connectivity index (χ2v) is 16.0. The number of aromatic nitrogens is 5. The highest BCUT2D eigenvalue weighted by atomic mass is 28.4. The SMILES string of the molecule is CC(C)(C)[Si](C)(C)OCc1ccc(-n2c(-c3cccnc3N)nc3ccc(-c4ccc(C(F)F)cn4)nc32)cc1. The molecule has 4 aromatic heterocycles. The van der Waals surface area contributed by atoms with E-state index in [-0.39, 0.29) is 10.6 Å². The molecule has 0 aliphatic rings. The van der Waals surface area contributed by atoms with Crippen molar-refractivity contribution < 1.29 is 13.2 Å². The number of nitrogen functional groups attached to an aromatic ring is 1. The molecular weight excluding hydrogens is 526 g/mol. The van der Waals surface area contributed by atoms with Crippen LogP contribution in [0.15, 0.2) is 73.1 Å². The number of anilines is 1. The summed E-state index contributed by atoms with van der Waals surface area (Å²) in [5.74, 6) is 0.944. The Balaban J connectivity index is 1.58. The van der Waals surface area contributed by atoms with Gasteiger partial charge in [-0.3, -0.25) is 9.55 Å². The van der Waals surface area contributed by atoms with Crippen molar-refractivity contribution >= 4 is 25.3 Å². The largest absolute Gasteiger partial charge is 0.413 e. The van der Waals surface area contributed by atoms with Crippen molar-refractivity contribution in [2.75, 3.05) is 5.73 Å². The van der Waals surface area contributed by atoms with Gasteiger partial charge in [0.15, 0.2) is 19.8 Å². The molecule has 0 saturated heterocycles. The molecule has 0 aliphatic heterocycles. The average Bonchev–Trinajstić information content (AvgIpc) is 3.30. The fourth-order valence-corrected chi connectivity index (χ4v) is 5.00. The predicted octanol–water partition coefficient (Wildman–Crippen LogP) is 7.59. The van der Waals surface area contributed by atoms with E-state index < -0.39 is 14.7 Å². The summed E-state index contributed by atoms with van der Waals surface area (Å²) in [6.07, 6.45) is 0.227. The highest BCUT2D eigenvalue weighted by Crippen LogP contribution is 2.37. The zero-order valence-corrected chi connectivity index (χ0v) is 24.2. The molecule has 7 nitrogen and oxygen atoms in total. The van der Waals surface area contributed by atoms with Gasteiger partial charge in [-0.1, -0.05) is 32.9 Å². The van der Waals surface area contributed by atoms with Crippen molar-refractivity contribution in [3.8, 4) is 28.5 Å². The van der Waals surface area contributed by atoms with Crippen LogP contribution in [0.2, 0.25) is 18.1 Å². The molecule has 2 N–H and O–H groups in total. The number of benzene rings is 1. The van der Waals surface area contributed by atoms with E-state index in [2.05, 4.69) is 43.8 Å². The molecule has 4 heterocycles. The molecule has 0 spiro atoms. The summed E-state index contributed by atoms with van der Waals surface area (Å²) in [7, 11) is -1.89. The summed E-state index contributed by atoms with van der Waals surface area (Å²) < 4.78 is 34.4. The van der Waals surface area contributed by atoms with Gasteiger partial charge >= 0.3 is 0 Å². The zero-order chi connectivity index (χ0) is 28.7. The van der Waals surface area contributed by atoms with E-state index in [1.165, 1.54) is 12.3 Å². The summed E-state index contributed by atoms with van der Waals surface area (Å²) in [4.78, 5) is 18.2. The Bertz CT molecular complexity index is 1640. The van der Waals surface area contributed by atoms with Gasteiger partial charge in [0.2, 0.25) is 0 Å². The number of alkyl halides is 2. The topological polar surface area (TPSA) is 91.7 Å². The monoisotopic (exact) mass is 558 g/mol. The summed E-state index contributed by atoms with van der Waals surface area (Å²) in [5.41, 5.74) is 11.0. The van der Waals surface area contributed by atoms with E-state index in [1.54, 1.807) is 18.3 Å². The molecule has 0 radical (unpaired) electrons. The number of fused-ring (bicyclic) bond motifs is 1. The molecule has 0 aliphatic carbocycles. The Hall–Kier alpha value is -4.02. The number of rotatable bonds is 7. The minimum Gasteiger partial charge on any atom is -0.413 e. The summed E-state index contributed by atoms with van der Waals surface area (Å²) in [6, 6.07) is 18.3. The Morgan fingerprint density at radius 1 is 0.925 bits per heavy atom. The first kappa shape index (κ1) is 27.5. The molecule has 0 atom stereocenters. The number of hydrogen-bond acceptors (Lipinski definition) is 6. The molecule has 5 aromatic rings. The molecule has 0 fully saturated rings. The van der Waals surface area contributed by atoms with Crippen molar-refractivity contribution in [1.82, 2.24) is 24.5 Å². The number of pyridine rings is 3. The van der Waals surface area contributed by atoms with Gasteiger partial charge < -0.3 is 10.2 Å². The van der Waals surface area contributed by atoms with E-state index in [9.17, 15) is 8.78 Å². The van der Waals surface area contributed by atoms with Crippen LogP contribution in [0.4, 0.5) is 14.6 Å². The van der Waals surface area contributed by atoms with Gasteiger partial charge in [0.1, 0.15) is 11.3 Å². The number of halogens is 2. The molecular formula is C30H32F2N6OSi. The van der Waals surface area contributed by atoms with Crippen LogP contribution in [-0.4, -0.2) is 32.8 Å². The first-order valence-corrected chi connectivity index (χ1v) is 15.9. The summed E-state index contributed by atoms with van der Waals surface area (Å²) in [6.45, 7) is 11.7. The fraction of sp³-hybridized carbons (Fsp3) is 0.267. The van der Waals surface area contributed by atoms with Gasteiger partial charge in [-0.05, 0) is 72.2 Å². The Morgan fingerprint density at radius 2 is 1.65 bits per heavy atom. The van der Waals surface area contributed by atoms with Crippen LogP contribution >= 0.6 is 0 Å². The Labute approximate surface area is 233 Å². The zero-order valence-electron chi connectivity index (χ0n) is 23.2. The van der Waals surface area contributed by atoms with E-state index in [4.69, 9.17) is 20.1 Å². The Morgan fingerprint density at radius 3 is 2.27 bits per heavy atom. The van der Waals surface area contributed by atoms with Crippen LogP contribution in [-0.2, 0) is 11.0 Å². The van der Waals surface area contributed by atoms with Crippen LogP contribution < -0.4 is 5.73 Å². The molecule has 206 valence electrons. The molecule has 0 bridgehead atoms. The standard InChI is InChI=1S/C30H32F2N6OSi/c1-30(2,3)40(4,5)39-18-19-8-11-21(12-9-19)38-28(22-7-6-16-34-27(22)33)37-25-15-14-24(36-29(25)38)23-13-10-20(17-35-23)26(31)32/h6-17,26H,18H2,1-5H3,(H2,33,34). The molecule has 0 amide bonds.